The fourth-order valence-electron chi connectivity index (χ4n) is 3.16. The Morgan fingerprint density at radius 2 is 2.05 bits per heavy atom. The second-order valence-electron chi connectivity index (χ2n) is 7.10. The van der Waals surface area contributed by atoms with Gasteiger partial charge in [0.15, 0.2) is 0 Å². The molecular weight excluding hydrogens is 272 g/mol. The molecule has 1 rings (SSSR count). The van der Waals surface area contributed by atoms with Gasteiger partial charge in [0.05, 0.1) is 6.10 Å². The van der Waals surface area contributed by atoms with Crippen molar-refractivity contribution in [3.05, 3.63) is 46.6 Å². The van der Waals surface area contributed by atoms with Crippen molar-refractivity contribution in [2.45, 2.75) is 66.4 Å². The minimum absolute atomic E-state index is 0.237. The molecule has 0 spiro atoms. The standard InChI is InChI=1S/C20H30O2/c1-15(13-18(22)14-16(2)10-12-21)8-9-19-17(3)7-6-11-20(19,4)5/h8-10,12-13,18,22H,6-7,11,14H2,1-5H3/b9-8+,15-13+,16-10+. The minimum Gasteiger partial charge on any atom is -0.389 e. The van der Waals surface area contributed by atoms with Crippen LogP contribution in [0.2, 0.25) is 0 Å². The quantitative estimate of drug-likeness (QED) is 0.430. The van der Waals surface area contributed by atoms with E-state index in [4.69, 9.17) is 0 Å². The molecule has 0 saturated carbocycles. The summed E-state index contributed by atoms with van der Waals surface area (Å²) in [6.45, 7) is 10.7. The molecule has 0 amide bonds. The van der Waals surface area contributed by atoms with E-state index in [-0.39, 0.29) is 5.41 Å². The summed E-state index contributed by atoms with van der Waals surface area (Å²) in [5.74, 6) is 0. The molecule has 0 heterocycles. The molecule has 2 nitrogen and oxygen atoms in total. The first-order valence-electron chi connectivity index (χ1n) is 8.12. The van der Waals surface area contributed by atoms with Gasteiger partial charge in [-0.05, 0) is 63.5 Å². The van der Waals surface area contributed by atoms with Crippen LogP contribution in [0.15, 0.2) is 46.6 Å². The molecule has 122 valence electrons. The molecule has 0 radical (unpaired) electrons. The van der Waals surface area contributed by atoms with Crippen LogP contribution in [0.3, 0.4) is 0 Å². The van der Waals surface area contributed by atoms with E-state index in [9.17, 15) is 9.90 Å². The summed E-state index contributed by atoms with van der Waals surface area (Å²) in [6, 6.07) is 0. The number of carbonyl (C=O) groups is 1. The van der Waals surface area contributed by atoms with Gasteiger partial charge in [-0.3, -0.25) is 4.79 Å². The van der Waals surface area contributed by atoms with E-state index in [1.807, 2.05) is 19.9 Å². The Hall–Kier alpha value is -1.41. The van der Waals surface area contributed by atoms with E-state index in [2.05, 4.69) is 32.9 Å². The van der Waals surface area contributed by atoms with E-state index in [1.54, 1.807) is 0 Å². The third kappa shape index (κ3) is 5.76. The molecule has 0 saturated heterocycles. The van der Waals surface area contributed by atoms with Gasteiger partial charge in [0.1, 0.15) is 6.29 Å². The summed E-state index contributed by atoms with van der Waals surface area (Å²) in [5, 5.41) is 10.0. The van der Waals surface area contributed by atoms with Gasteiger partial charge < -0.3 is 5.11 Å². The predicted octanol–water partition coefficient (Wildman–Crippen LogP) is 4.91. The lowest BCUT2D eigenvalue weighted by Gasteiger charge is -2.33. The molecular formula is C20H30O2. The van der Waals surface area contributed by atoms with Crippen LogP contribution in [0.5, 0.6) is 0 Å². The van der Waals surface area contributed by atoms with Crippen molar-refractivity contribution in [3.63, 3.8) is 0 Å². The summed E-state index contributed by atoms with van der Waals surface area (Å²) in [4.78, 5) is 10.4. The van der Waals surface area contributed by atoms with Crippen LogP contribution >= 0.6 is 0 Å². The summed E-state index contributed by atoms with van der Waals surface area (Å²) < 4.78 is 0. The number of carbonyl (C=O) groups excluding carboxylic acids is 1. The maximum Gasteiger partial charge on any atom is 0.142 e. The van der Waals surface area contributed by atoms with Crippen molar-refractivity contribution >= 4 is 6.29 Å². The topological polar surface area (TPSA) is 37.3 Å². The molecule has 1 N–H and O–H groups in total. The third-order valence-electron chi connectivity index (χ3n) is 4.39. The van der Waals surface area contributed by atoms with Gasteiger partial charge >= 0.3 is 0 Å². The average molecular weight is 302 g/mol. The van der Waals surface area contributed by atoms with Gasteiger partial charge in [0.2, 0.25) is 0 Å². The normalized spacial score (nSPS) is 21.4. The van der Waals surface area contributed by atoms with Crippen LogP contribution in [-0.4, -0.2) is 17.5 Å². The molecule has 1 aliphatic rings. The maximum absolute atomic E-state index is 10.4. The first-order chi connectivity index (χ1) is 10.3. The lowest BCUT2D eigenvalue weighted by molar-refractivity contribution is -0.104. The summed E-state index contributed by atoms with van der Waals surface area (Å²) in [6.07, 6.45) is 12.0. The fourth-order valence-corrected chi connectivity index (χ4v) is 3.16. The first-order valence-corrected chi connectivity index (χ1v) is 8.12. The second-order valence-corrected chi connectivity index (χ2v) is 7.10. The van der Waals surface area contributed by atoms with Crippen molar-refractivity contribution in [1.82, 2.24) is 0 Å². The Morgan fingerprint density at radius 1 is 1.36 bits per heavy atom. The minimum atomic E-state index is -0.546. The number of aldehydes is 1. The maximum atomic E-state index is 10.4. The van der Waals surface area contributed by atoms with E-state index in [1.165, 1.54) is 36.5 Å². The zero-order valence-corrected chi connectivity index (χ0v) is 14.6. The van der Waals surface area contributed by atoms with Gasteiger partial charge in [-0.15, -0.1) is 0 Å². The Bertz CT molecular complexity index is 516. The van der Waals surface area contributed by atoms with Crippen LogP contribution in [0.1, 0.15) is 60.3 Å². The van der Waals surface area contributed by atoms with Crippen LogP contribution in [0.4, 0.5) is 0 Å². The molecule has 1 unspecified atom stereocenters. The van der Waals surface area contributed by atoms with E-state index in [0.29, 0.717) is 6.42 Å². The molecule has 0 aromatic rings. The van der Waals surface area contributed by atoms with Crippen LogP contribution in [0.25, 0.3) is 0 Å². The Labute approximate surface area is 135 Å². The number of rotatable bonds is 6. The van der Waals surface area contributed by atoms with E-state index < -0.39 is 6.10 Å². The zero-order chi connectivity index (χ0) is 16.8. The molecule has 0 fully saturated rings. The van der Waals surface area contributed by atoms with Gasteiger partial charge in [-0.1, -0.05) is 48.8 Å². The Morgan fingerprint density at radius 3 is 2.64 bits per heavy atom. The van der Waals surface area contributed by atoms with Gasteiger partial charge in [-0.2, -0.15) is 0 Å². The fraction of sp³-hybridized carbons (Fsp3) is 0.550. The third-order valence-corrected chi connectivity index (χ3v) is 4.39. The largest absolute Gasteiger partial charge is 0.389 e. The number of aliphatic hydroxyl groups excluding tert-OH is 1. The Kier molecular flexibility index (Phi) is 7.02. The van der Waals surface area contributed by atoms with E-state index in [0.717, 1.165) is 17.4 Å². The number of aliphatic hydroxyl groups is 1. The second kappa shape index (κ2) is 8.28. The molecule has 1 aliphatic carbocycles. The summed E-state index contributed by atoms with van der Waals surface area (Å²) >= 11 is 0. The SMILES string of the molecule is CC1=C(/C=C/C(C)=C/C(O)C/C(C)=C/C=O)C(C)(C)CCC1. The lowest BCUT2D eigenvalue weighted by atomic mass is 9.72. The number of allylic oxidation sites excluding steroid dienone is 6. The average Bonchev–Trinajstić information content (AvgIpc) is 2.37. The molecule has 0 aromatic heterocycles. The highest BCUT2D eigenvalue weighted by atomic mass is 16.3. The highest BCUT2D eigenvalue weighted by molar-refractivity contribution is 5.65. The molecule has 2 heteroatoms. The summed E-state index contributed by atoms with van der Waals surface area (Å²) in [5.41, 5.74) is 5.08. The van der Waals surface area contributed by atoms with Crippen molar-refractivity contribution in [1.29, 1.82) is 0 Å². The van der Waals surface area contributed by atoms with Crippen molar-refractivity contribution in [2.75, 3.05) is 0 Å². The zero-order valence-electron chi connectivity index (χ0n) is 14.6. The van der Waals surface area contributed by atoms with Gasteiger partial charge in [0, 0.05) is 0 Å². The lowest BCUT2D eigenvalue weighted by Crippen LogP contribution is -2.19. The van der Waals surface area contributed by atoms with Crippen molar-refractivity contribution in [3.8, 4) is 0 Å². The van der Waals surface area contributed by atoms with Crippen molar-refractivity contribution in [2.24, 2.45) is 5.41 Å². The molecule has 1 atom stereocenters. The number of hydrogen-bond acceptors (Lipinski definition) is 2. The van der Waals surface area contributed by atoms with Crippen LogP contribution in [-0.2, 0) is 4.79 Å². The van der Waals surface area contributed by atoms with Crippen LogP contribution < -0.4 is 0 Å². The molecule has 22 heavy (non-hydrogen) atoms. The van der Waals surface area contributed by atoms with Crippen LogP contribution in [0, 0.1) is 5.41 Å². The smallest absolute Gasteiger partial charge is 0.142 e. The molecule has 0 aliphatic heterocycles. The molecule has 0 bridgehead atoms. The monoisotopic (exact) mass is 302 g/mol. The van der Waals surface area contributed by atoms with Gasteiger partial charge in [0.25, 0.3) is 0 Å². The Balaban J connectivity index is 2.78. The highest BCUT2D eigenvalue weighted by Crippen LogP contribution is 2.40. The van der Waals surface area contributed by atoms with E-state index >= 15 is 0 Å². The highest BCUT2D eigenvalue weighted by Gasteiger charge is 2.26. The molecule has 0 aromatic carbocycles. The summed E-state index contributed by atoms with van der Waals surface area (Å²) in [7, 11) is 0. The van der Waals surface area contributed by atoms with Gasteiger partial charge in [-0.25, -0.2) is 0 Å². The predicted molar refractivity (Wildman–Crippen MR) is 93.7 cm³/mol. The number of hydrogen-bond donors (Lipinski definition) is 1. The first kappa shape index (κ1) is 18.6. The van der Waals surface area contributed by atoms with Crippen molar-refractivity contribution < 1.29 is 9.90 Å².